The van der Waals surface area contributed by atoms with Crippen LogP contribution in [0.1, 0.15) is 30.5 Å². The van der Waals surface area contributed by atoms with Crippen molar-refractivity contribution in [3.63, 3.8) is 0 Å². The molecule has 1 aliphatic rings. The maximum atomic E-state index is 12.6. The average Bonchev–Trinajstić information content (AvgIpc) is 2.78. The Kier molecular flexibility index (Phi) is 8.79. The molecule has 0 spiro atoms. The lowest BCUT2D eigenvalue weighted by atomic mass is 10.0. The van der Waals surface area contributed by atoms with Gasteiger partial charge in [-0.3, -0.25) is 9.59 Å². The predicted octanol–water partition coefficient (Wildman–Crippen LogP) is 3.49. The second-order valence-corrected chi connectivity index (χ2v) is 8.90. The lowest BCUT2D eigenvalue weighted by Crippen LogP contribution is -2.34. The molecule has 7 heteroatoms. The number of anilines is 1. The number of carbonyl (C=O) groups is 2. The lowest BCUT2D eigenvalue weighted by molar-refractivity contribution is -0.120. The van der Waals surface area contributed by atoms with Crippen LogP contribution in [-0.4, -0.2) is 55.0 Å². The molecule has 3 rings (SSSR count). The van der Waals surface area contributed by atoms with Crippen LogP contribution in [0.2, 0.25) is 0 Å². The summed E-state index contributed by atoms with van der Waals surface area (Å²) in [6.45, 7) is 4.87. The molecule has 0 aliphatic carbocycles. The van der Waals surface area contributed by atoms with E-state index in [9.17, 15) is 9.59 Å². The van der Waals surface area contributed by atoms with Gasteiger partial charge in [0.25, 0.3) is 0 Å². The van der Waals surface area contributed by atoms with Crippen LogP contribution < -0.4 is 15.4 Å². The van der Waals surface area contributed by atoms with E-state index < -0.39 is 6.04 Å². The molecule has 1 fully saturated rings. The molecule has 0 aromatic heterocycles. The number of carbonyl (C=O) groups excluding carboxylic acids is 2. The predicted molar refractivity (Wildman–Crippen MR) is 127 cm³/mol. The van der Waals surface area contributed by atoms with Gasteiger partial charge in [-0.15, -0.1) is 0 Å². The van der Waals surface area contributed by atoms with Crippen LogP contribution in [0.3, 0.4) is 0 Å². The van der Waals surface area contributed by atoms with Crippen LogP contribution in [-0.2, 0) is 16.0 Å². The standard InChI is InChI=1S/C24H31N3O3S/c1-18(28)25-23(20-5-9-22(30-2)10-6-20)17-24(29)26-21-7-3-19(4-8-21)11-12-27-13-15-31-16-14-27/h3-10,23H,11-17H2,1-2H3,(H,25,28)(H,26,29). The Labute approximate surface area is 188 Å². The molecule has 2 amide bonds. The highest BCUT2D eigenvalue weighted by molar-refractivity contribution is 7.99. The van der Waals surface area contributed by atoms with Crippen LogP contribution in [0.15, 0.2) is 48.5 Å². The number of rotatable bonds is 9. The monoisotopic (exact) mass is 441 g/mol. The third kappa shape index (κ3) is 7.60. The molecule has 1 unspecified atom stereocenters. The normalized spacial score (nSPS) is 15.2. The van der Waals surface area contributed by atoms with Crippen molar-refractivity contribution >= 4 is 29.3 Å². The fraction of sp³-hybridized carbons (Fsp3) is 0.417. The summed E-state index contributed by atoms with van der Waals surface area (Å²) in [6.07, 6.45) is 1.17. The van der Waals surface area contributed by atoms with Gasteiger partial charge in [-0.05, 0) is 41.8 Å². The highest BCUT2D eigenvalue weighted by Crippen LogP contribution is 2.21. The van der Waals surface area contributed by atoms with E-state index in [0.29, 0.717) is 0 Å². The molecule has 1 heterocycles. The number of methoxy groups -OCH3 is 1. The largest absolute Gasteiger partial charge is 0.497 e. The van der Waals surface area contributed by atoms with Crippen molar-refractivity contribution in [1.29, 1.82) is 0 Å². The topological polar surface area (TPSA) is 70.7 Å². The highest BCUT2D eigenvalue weighted by atomic mass is 32.2. The van der Waals surface area contributed by atoms with Crippen LogP contribution in [0.25, 0.3) is 0 Å². The Morgan fingerprint density at radius 2 is 1.74 bits per heavy atom. The Morgan fingerprint density at radius 1 is 1.06 bits per heavy atom. The van der Waals surface area contributed by atoms with E-state index in [1.54, 1.807) is 7.11 Å². The summed E-state index contributed by atoms with van der Waals surface area (Å²) in [4.78, 5) is 26.8. The van der Waals surface area contributed by atoms with E-state index in [-0.39, 0.29) is 18.2 Å². The molecule has 1 aliphatic heterocycles. The Hall–Kier alpha value is -2.51. The molecule has 2 N–H and O–H groups in total. The second kappa shape index (κ2) is 11.8. The van der Waals surface area contributed by atoms with Gasteiger partial charge in [-0.25, -0.2) is 0 Å². The quantitative estimate of drug-likeness (QED) is 0.623. The van der Waals surface area contributed by atoms with Crippen molar-refractivity contribution in [2.75, 3.05) is 43.6 Å². The molecule has 1 saturated heterocycles. The van der Waals surface area contributed by atoms with Gasteiger partial charge in [0.2, 0.25) is 11.8 Å². The first kappa shape index (κ1) is 23.2. The van der Waals surface area contributed by atoms with Gasteiger partial charge in [0.1, 0.15) is 5.75 Å². The molecule has 0 radical (unpaired) electrons. The fourth-order valence-corrected chi connectivity index (χ4v) is 4.58. The number of nitrogens with one attached hydrogen (secondary N) is 2. The summed E-state index contributed by atoms with van der Waals surface area (Å²) in [5.41, 5.74) is 2.89. The first-order chi connectivity index (χ1) is 15.0. The smallest absolute Gasteiger partial charge is 0.226 e. The van der Waals surface area contributed by atoms with Crippen molar-refractivity contribution in [3.8, 4) is 5.75 Å². The molecule has 2 aromatic carbocycles. The molecular formula is C24H31N3O3S. The van der Waals surface area contributed by atoms with Crippen molar-refractivity contribution in [1.82, 2.24) is 10.2 Å². The van der Waals surface area contributed by atoms with Gasteiger partial charge in [0, 0.05) is 43.8 Å². The molecule has 6 nitrogen and oxygen atoms in total. The van der Waals surface area contributed by atoms with Crippen molar-refractivity contribution in [3.05, 3.63) is 59.7 Å². The Balaban J connectivity index is 1.53. The third-order valence-electron chi connectivity index (χ3n) is 5.34. The van der Waals surface area contributed by atoms with Gasteiger partial charge >= 0.3 is 0 Å². The van der Waals surface area contributed by atoms with Crippen molar-refractivity contribution < 1.29 is 14.3 Å². The maximum Gasteiger partial charge on any atom is 0.226 e. The summed E-state index contributed by atoms with van der Waals surface area (Å²) in [7, 11) is 1.60. The molecule has 2 aromatic rings. The van der Waals surface area contributed by atoms with Gasteiger partial charge in [-0.2, -0.15) is 11.8 Å². The Morgan fingerprint density at radius 3 is 2.35 bits per heavy atom. The summed E-state index contributed by atoms with van der Waals surface area (Å²) < 4.78 is 5.18. The van der Waals surface area contributed by atoms with Gasteiger partial charge in [0.15, 0.2) is 0 Å². The molecule has 0 bridgehead atoms. The lowest BCUT2D eigenvalue weighted by Gasteiger charge is -2.26. The van der Waals surface area contributed by atoms with Crippen LogP contribution in [0, 0.1) is 0 Å². The molecule has 0 saturated carbocycles. The van der Waals surface area contributed by atoms with E-state index in [1.165, 1.54) is 37.1 Å². The second-order valence-electron chi connectivity index (χ2n) is 7.68. The van der Waals surface area contributed by atoms with Crippen molar-refractivity contribution in [2.24, 2.45) is 0 Å². The number of ether oxygens (including phenoxy) is 1. The average molecular weight is 442 g/mol. The number of benzene rings is 2. The highest BCUT2D eigenvalue weighted by Gasteiger charge is 2.17. The molecule has 166 valence electrons. The van der Waals surface area contributed by atoms with E-state index in [4.69, 9.17) is 4.74 Å². The zero-order chi connectivity index (χ0) is 22.1. The first-order valence-corrected chi connectivity index (χ1v) is 11.8. The SMILES string of the molecule is COc1ccc(C(CC(=O)Nc2ccc(CCN3CCSCC3)cc2)NC(C)=O)cc1. The van der Waals surface area contributed by atoms with Gasteiger partial charge < -0.3 is 20.3 Å². The minimum Gasteiger partial charge on any atom is -0.497 e. The number of hydrogen-bond donors (Lipinski definition) is 2. The van der Waals surface area contributed by atoms with Crippen LogP contribution >= 0.6 is 11.8 Å². The van der Waals surface area contributed by atoms with Crippen molar-refractivity contribution in [2.45, 2.75) is 25.8 Å². The number of hydrogen-bond acceptors (Lipinski definition) is 5. The Bertz CT molecular complexity index is 849. The van der Waals surface area contributed by atoms with Crippen LogP contribution in [0.5, 0.6) is 5.75 Å². The maximum absolute atomic E-state index is 12.6. The summed E-state index contributed by atoms with van der Waals surface area (Å²) in [5, 5.41) is 5.80. The van der Waals surface area contributed by atoms with E-state index in [2.05, 4.69) is 27.7 Å². The zero-order valence-electron chi connectivity index (χ0n) is 18.2. The van der Waals surface area contributed by atoms with E-state index >= 15 is 0 Å². The third-order valence-corrected chi connectivity index (χ3v) is 6.29. The van der Waals surface area contributed by atoms with Gasteiger partial charge in [0.05, 0.1) is 19.6 Å². The van der Waals surface area contributed by atoms with E-state index in [0.717, 1.165) is 30.0 Å². The minimum atomic E-state index is -0.398. The number of thioether (sulfide) groups is 1. The van der Waals surface area contributed by atoms with E-state index in [1.807, 2.05) is 48.2 Å². The summed E-state index contributed by atoms with van der Waals surface area (Å²) >= 11 is 2.02. The molecular weight excluding hydrogens is 410 g/mol. The van der Waals surface area contributed by atoms with Crippen LogP contribution in [0.4, 0.5) is 5.69 Å². The first-order valence-electron chi connectivity index (χ1n) is 10.6. The molecule has 1 atom stereocenters. The molecule has 31 heavy (non-hydrogen) atoms. The zero-order valence-corrected chi connectivity index (χ0v) is 19.0. The van der Waals surface area contributed by atoms with Gasteiger partial charge in [-0.1, -0.05) is 24.3 Å². The fourth-order valence-electron chi connectivity index (χ4n) is 3.60. The summed E-state index contributed by atoms with van der Waals surface area (Å²) in [6, 6.07) is 15.0. The minimum absolute atomic E-state index is 0.145. The summed E-state index contributed by atoms with van der Waals surface area (Å²) in [5.74, 6) is 2.86. The number of nitrogens with zero attached hydrogens (tertiary/aromatic N) is 1. The number of amides is 2.